The molecular formula is C11H21ClO2. The molecule has 84 valence electrons. The second-order valence-electron chi connectivity index (χ2n) is 4.20. The van der Waals surface area contributed by atoms with E-state index in [0.29, 0.717) is 5.41 Å². The summed E-state index contributed by atoms with van der Waals surface area (Å²) in [4.78, 5) is 0. The van der Waals surface area contributed by atoms with Crippen LogP contribution in [-0.4, -0.2) is 32.8 Å². The average Bonchev–Trinajstić information content (AvgIpc) is 2.26. The Hall–Kier alpha value is 0.210. The van der Waals surface area contributed by atoms with Crippen LogP contribution >= 0.6 is 11.6 Å². The average molecular weight is 221 g/mol. The lowest BCUT2D eigenvalue weighted by Gasteiger charge is -2.35. The van der Waals surface area contributed by atoms with Gasteiger partial charge in [-0.05, 0) is 31.1 Å². The highest BCUT2D eigenvalue weighted by atomic mass is 35.5. The van der Waals surface area contributed by atoms with Crippen LogP contribution in [0.4, 0.5) is 0 Å². The first kappa shape index (κ1) is 12.3. The Balaban J connectivity index is 2.22. The van der Waals surface area contributed by atoms with Crippen LogP contribution in [-0.2, 0) is 9.47 Å². The molecule has 0 aromatic carbocycles. The van der Waals surface area contributed by atoms with E-state index < -0.39 is 0 Å². The molecule has 0 aliphatic carbocycles. The highest BCUT2D eigenvalue weighted by molar-refractivity contribution is 6.18. The van der Waals surface area contributed by atoms with Gasteiger partial charge in [0.2, 0.25) is 0 Å². The van der Waals surface area contributed by atoms with Crippen LogP contribution in [0.2, 0.25) is 0 Å². The van der Waals surface area contributed by atoms with E-state index in [9.17, 15) is 0 Å². The van der Waals surface area contributed by atoms with Crippen molar-refractivity contribution in [3.63, 3.8) is 0 Å². The highest BCUT2D eigenvalue weighted by Crippen LogP contribution is 2.36. The van der Waals surface area contributed by atoms with Crippen molar-refractivity contribution in [1.29, 1.82) is 0 Å². The Bertz CT molecular complexity index is 144. The first-order valence-electron chi connectivity index (χ1n) is 5.46. The van der Waals surface area contributed by atoms with Crippen LogP contribution in [0.3, 0.4) is 0 Å². The van der Waals surface area contributed by atoms with Gasteiger partial charge in [0.05, 0.1) is 0 Å². The van der Waals surface area contributed by atoms with Crippen molar-refractivity contribution in [2.45, 2.75) is 32.1 Å². The van der Waals surface area contributed by atoms with Crippen molar-refractivity contribution in [2.24, 2.45) is 5.41 Å². The van der Waals surface area contributed by atoms with Crippen molar-refractivity contribution in [2.75, 3.05) is 32.8 Å². The van der Waals surface area contributed by atoms with Crippen LogP contribution in [0.15, 0.2) is 0 Å². The van der Waals surface area contributed by atoms with Gasteiger partial charge in [0.1, 0.15) is 0 Å². The summed E-state index contributed by atoms with van der Waals surface area (Å²) in [5.41, 5.74) is 0.355. The molecule has 1 aliphatic heterocycles. The smallest absolute Gasteiger partial charge is 0.0471 e. The molecule has 0 atom stereocenters. The van der Waals surface area contributed by atoms with Crippen molar-refractivity contribution in [3.8, 4) is 0 Å². The predicted molar refractivity (Wildman–Crippen MR) is 58.9 cm³/mol. The lowest BCUT2D eigenvalue weighted by atomic mass is 9.78. The third kappa shape index (κ3) is 3.76. The maximum atomic E-state index is 6.06. The van der Waals surface area contributed by atoms with Gasteiger partial charge in [-0.15, -0.1) is 11.6 Å². The van der Waals surface area contributed by atoms with Crippen LogP contribution in [0, 0.1) is 5.41 Å². The molecule has 1 fully saturated rings. The lowest BCUT2D eigenvalue weighted by molar-refractivity contribution is 0.0196. The van der Waals surface area contributed by atoms with Crippen LogP contribution in [0.5, 0.6) is 0 Å². The summed E-state index contributed by atoms with van der Waals surface area (Å²) in [5, 5.41) is 0. The highest BCUT2D eigenvalue weighted by Gasteiger charge is 2.30. The fourth-order valence-corrected chi connectivity index (χ4v) is 2.40. The molecule has 1 aliphatic rings. The first-order valence-corrected chi connectivity index (χ1v) is 5.99. The number of ether oxygens (including phenoxy) is 2. The fourth-order valence-electron chi connectivity index (χ4n) is 2.00. The molecular weight excluding hydrogens is 200 g/mol. The zero-order valence-electron chi connectivity index (χ0n) is 9.06. The SMILES string of the molecule is COCCCCC1(CCl)CCOCC1. The zero-order valence-corrected chi connectivity index (χ0v) is 9.81. The number of methoxy groups -OCH3 is 1. The van der Waals surface area contributed by atoms with Gasteiger partial charge in [0.25, 0.3) is 0 Å². The van der Waals surface area contributed by atoms with E-state index in [1.165, 1.54) is 12.8 Å². The first-order chi connectivity index (χ1) is 6.83. The van der Waals surface area contributed by atoms with E-state index in [1.54, 1.807) is 7.11 Å². The fraction of sp³-hybridized carbons (Fsp3) is 1.00. The molecule has 0 radical (unpaired) electrons. The van der Waals surface area contributed by atoms with Gasteiger partial charge in [-0.2, -0.15) is 0 Å². The molecule has 0 aromatic heterocycles. The molecule has 0 spiro atoms. The van der Waals surface area contributed by atoms with Gasteiger partial charge < -0.3 is 9.47 Å². The summed E-state index contributed by atoms with van der Waals surface area (Å²) < 4.78 is 10.4. The Kier molecular flexibility index (Phi) is 5.83. The Morgan fingerprint density at radius 3 is 2.57 bits per heavy atom. The monoisotopic (exact) mass is 220 g/mol. The molecule has 1 heterocycles. The molecule has 3 heteroatoms. The Morgan fingerprint density at radius 2 is 2.00 bits per heavy atom. The summed E-state index contributed by atoms with van der Waals surface area (Å²) in [6.45, 7) is 2.64. The largest absolute Gasteiger partial charge is 0.385 e. The van der Waals surface area contributed by atoms with E-state index in [2.05, 4.69) is 0 Å². The summed E-state index contributed by atoms with van der Waals surface area (Å²) >= 11 is 6.06. The van der Waals surface area contributed by atoms with Crippen molar-refractivity contribution < 1.29 is 9.47 Å². The molecule has 0 bridgehead atoms. The normalized spacial score (nSPS) is 21.0. The quantitative estimate of drug-likeness (QED) is 0.506. The molecule has 2 nitrogen and oxygen atoms in total. The van der Waals surface area contributed by atoms with Crippen LogP contribution in [0.1, 0.15) is 32.1 Å². The maximum Gasteiger partial charge on any atom is 0.0471 e. The molecule has 1 rings (SSSR count). The minimum atomic E-state index is 0.355. The minimum Gasteiger partial charge on any atom is -0.385 e. The van der Waals surface area contributed by atoms with Crippen molar-refractivity contribution in [3.05, 3.63) is 0 Å². The van der Waals surface area contributed by atoms with Gasteiger partial charge in [-0.1, -0.05) is 6.42 Å². The second-order valence-corrected chi connectivity index (χ2v) is 4.46. The molecule has 1 saturated heterocycles. The van der Waals surface area contributed by atoms with Gasteiger partial charge in [0, 0.05) is 32.8 Å². The number of alkyl halides is 1. The van der Waals surface area contributed by atoms with E-state index in [1.807, 2.05) is 0 Å². The second kappa shape index (κ2) is 6.65. The molecule has 0 unspecified atom stereocenters. The third-order valence-electron chi connectivity index (χ3n) is 3.14. The zero-order chi connectivity index (χ0) is 10.3. The van der Waals surface area contributed by atoms with Gasteiger partial charge >= 0.3 is 0 Å². The van der Waals surface area contributed by atoms with E-state index in [4.69, 9.17) is 21.1 Å². The standard InChI is InChI=1S/C11H21ClO2/c1-13-7-3-2-4-11(10-12)5-8-14-9-6-11/h2-10H2,1H3. The number of rotatable bonds is 6. The lowest BCUT2D eigenvalue weighted by Crippen LogP contribution is -2.31. The number of hydrogen-bond acceptors (Lipinski definition) is 2. The molecule has 0 amide bonds. The molecule has 14 heavy (non-hydrogen) atoms. The summed E-state index contributed by atoms with van der Waals surface area (Å²) in [7, 11) is 1.76. The van der Waals surface area contributed by atoms with Gasteiger partial charge in [0.15, 0.2) is 0 Å². The number of hydrogen-bond donors (Lipinski definition) is 0. The molecule has 0 saturated carbocycles. The van der Waals surface area contributed by atoms with Gasteiger partial charge in [-0.3, -0.25) is 0 Å². The van der Waals surface area contributed by atoms with Gasteiger partial charge in [-0.25, -0.2) is 0 Å². The Labute approximate surface area is 91.9 Å². The summed E-state index contributed by atoms with van der Waals surface area (Å²) in [6.07, 6.45) is 5.85. The third-order valence-corrected chi connectivity index (χ3v) is 3.71. The molecule has 0 N–H and O–H groups in total. The van der Waals surface area contributed by atoms with E-state index in [0.717, 1.165) is 45.0 Å². The van der Waals surface area contributed by atoms with Crippen molar-refractivity contribution in [1.82, 2.24) is 0 Å². The van der Waals surface area contributed by atoms with Crippen LogP contribution < -0.4 is 0 Å². The minimum absolute atomic E-state index is 0.355. The van der Waals surface area contributed by atoms with E-state index >= 15 is 0 Å². The summed E-state index contributed by atoms with van der Waals surface area (Å²) in [5.74, 6) is 0.781. The molecule has 0 aromatic rings. The number of halogens is 1. The maximum absolute atomic E-state index is 6.06. The number of unbranched alkanes of at least 4 members (excludes halogenated alkanes) is 1. The van der Waals surface area contributed by atoms with E-state index in [-0.39, 0.29) is 0 Å². The van der Waals surface area contributed by atoms with Crippen molar-refractivity contribution >= 4 is 11.6 Å². The topological polar surface area (TPSA) is 18.5 Å². The Morgan fingerprint density at radius 1 is 1.29 bits per heavy atom. The van der Waals surface area contributed by atoms with Crippen LogP contribution in [0.25, 0.3) is 0 Å². The summed E-state index contributed by atoms with van der Waals surface area (Å²) in [6, 6.07) is 0. The predicted octanol–water partition coefficient (Wildman–Crippen LogP) is 2.84.